The fourth-order valence-corrected chi connectivity index (χ4v) is 1.23. The van der Waals surface area contributed by atoms with Gasteiger partial charge in [0.25, 0.3) is 0 Å². The first-order chi connectivity index (χ1) is 6.07. The lowest BCUT2D eigenvalue weighted by atomic mass is 9.99. The largest absolute Gasteiger partial charge is 0.369 e. The monoisotopic (exact) mass is 184 g/mol. The van der Waals surface area contributed by atoms with Crippen molar-refractivity contribution in [3.05, 3.63) is 12.7 Å². The molecule has 0 radical (unpaired) electrons. The molecule has 0 aliphatic heterocycles. The normalized spacial score (nSPS) is 12.8. The van der Waals surface area contributed by atoms with Crippen molar-refractivity contribution < 1.29 is 4.79 Å². The highest BCUT2D eigenvalue weighted by Gasteiger charge is 2.12. The van der Waals surface area contributed by atoms with Crippen LogP contribution in [0.1, 0.15) is 19.3 Å². The van der Waals surface area contributed by atoms with E-state index in [4.69, 9.17) is 5.73 Å². The van der Waals surface area contributed by atoms with Gasteiger partial charge in [-0.15, -0.1) is 6.58 Å². The van der Waals surface area contributed by atoms with Crippen molar-refractivity contribution >= 4 is 5.91 Å². The molecule has 76 valence electrons. The quantitative estimate of drug-likeness (QED) is 0.600. The molecule has 0 aliphatic rings. The number of carbonyl (C=O) groups excluding carboxylic acids is 1. The summed E-state index contributed by atoms with van der Waals surface area (Å²) in [5, 5.41) is 0. The molecule has 0 aromatic carbocycles. The second-order valence-electron chi connectivity index (χ2n) is 3.57. The number of primary amides is 1. The first kappa shape index (κ1) is 12.2. The molecule has 3 nitrogen and oxygen atoms in total. The van der Waals surface area contributed by atoms with Crippen molar-refractivity contribution in [2.24, 2.45) is 11.7 Å². The SMILES string of the molecule is C=CCC(CCCN(C)C)C(N)=O. The van der Waals surface area contributed by atoms with E-state index < -0.39 is 0 Å². The molecule has 0 aliphatic carbocycles. The molecule has 1 atom stereocenters. The molecule has 0 aromatic rings. The molecular formula is C10H20N2O. The summed E-state index contributed by atoms with van der Waals surface area (Å²) >= 11 is 0. The van der Waals surface area contributed by atoms with E-state index in [9.17, 15) is 4.79 Å². The van der Waals surface area contributed by atoms with E-state index in [1.807, 2.05) is 14.1 Å². The molecule has 2 N–H and O–H groups in total. The summed E-state index contributed by atoms with van der Waals surface area (Å²) in [5.41, 5.74) is 5.24. The summed E-state index contributed by atoms with van der Waals surface area (Å²) in [7, 11) is 4.04. The maximum absolute atomic E-state index is 10.9. The van der Waals surface area contributed by atoms with Gasteiger partial charge >= 0.3 is 0 Å². The van der Waals surface area contributed by atoms with Gasteiger partial charge in [0.05, 0.1) is 0 Å². The van der Waals surface area contributed by atoms with E-state index in [2.05, 4.69) is 11.5 Å². The van der Waals surface area contributed by atoms with Crippen LogP contribution in [0.5, 0.6) is 0 Å². The number of allylic oxidation sites excluding steroid dienone is 1. The molecule has 0 fully saturated rings. The molecule has 13 heavy (non-hydrogen) atoms. The Balaban J connectivity index is 3.69. The zero-order valence-corrected chi connectivity index (χ0v) is 8.62. The van der Waals surface area contributed by atoms with Crippen LogP contribution in [0.3, 0.4) is 0 Å². The highest BCUT2D eigenvalue weighted by Crippen LogP contribution is 2.11. The van der Waals surface area contributed by atoms with Gasteiger partial charge in [-0.1, -0.05) is 6.08 Å². The molecule has 0 saturated carbocycles. The van der Waals surface area contributed by atoms with Crippen LogP contribution in [-0.2, 0) is 4.79 Å². The van der Waals surface area contributed by atoms with Gasteiger partial charge < -0.3 is 10.6 Å². The Labute approximate surface area is 80.6 Å². The summed E-state index contributed by atoms with van der Waals surface area (Å²) in [6.45, 7) is 4.61. The maximum Gasteiger partial charge on any atom is 0.220 e. The third-order valence-corrected chi connectivity index (χ3v) is 2.01. The summed E-state index contributed by atoms with van der Waals surface area (Å²) in [5.74, 6) is -0.240. The number of rotatable bonds is 7. The zero-order chi connectivity index (χ0) is 10.3. The van der Waals surface area contributed by atoms with Crippen LogP contribution in [0.25, 0.3) is 0 Å². The first-order valence-corrected chi connectivity index (χ1v) is 4.63. The van der Waals surface area contributed by atoms with E-state index in [-0.39, 0.29) is 11.8 Å². The van der Waals surface area contributed by atoms with Crippen LogP contribution in [0, 0.1) is 5.92 Å². The van der Waals surface area contributed by atoms with Crippen molar-refractivity contribution in [2.75, 3.05) is 20.6 Å². The summed E-state index contributed by atoms with van der Waals surface area (Å²) in [6, 6.07) is 0. The molecule has 3 heteroatoms. The number of hydrogen-bond acceptors (Lipinski definition) is 2. The van der Waals surface area contributed by atoms with Crippen LogP contribution < -0.4 is 5.73 Å². The van der Waals surface area contributed by atoms with Crippen molar-refractivity contribution in [1.29, 1.82) is 0 Å². The minimum Gasteiger partial charge on any atom is -0.369 e. The van der Waals surface area contributed by atoms with Crippen molar-refractivity contribution in [1.82, 2.24) is 4.90 Å². The highest BCUT2D eigenvalue weighted by molar-refractivity contribution is 5.76. The fraction of sp³-hybridized carbons (Fsp3) is 0.700. The lowest BCUT2D eigenvalue weighted by Gasteiger charge is -2.13. The predicted octanol–water partition coefficient (Wildman–Crippen LogP) is 1.01. The van der Waals surface area contributed by atoms with E-state index in [1.54, 1.807) is 6.08 Å². The zero-order valence-electron chi connectivity index (χ0n) is 8.62. The molecule has 1 amide bonds. The molecular weight excluding hydrogens is 164 g/mol. The van der Waals surface area contributed by atoms with E-state index in [0.717, 1.165) is 19.4 Å². The van der Waals surface area contributed by atoms with E-state index in [1.165, 1.54) is 0 Å². The Bertz CT molecular complexity index is 166. The Morgan fingerprint density at radius 3 is 2.62 bits per heavy atom. The van der Waals surface area contributed by atoms with Gasteiger partial charge in [-0.3, -0.25) is 4.79 Å². The van der Waals surface area contributed by atoms with Gasteiger partial charge in [0.15, 0.2) is 0 Å². The Morgan fingerprint density at radius 1 is 1.62 bits per heavy atom. The first-order valence-electron chi connectivity index (χ1n) is 4.63. The molecule has 0 spiro atoms. The van der Waals surface area contributed by atoms with Gasteiger partial charge in [-0.05, 0) is 39.9 Å². The lowest BCUT2D eigenvalue weighted by Crippen LogP contribution is -2.24. The van der Waals surface area contributed by atoms with E-state index >= 15 is 0 Å². The Kier molecular flexibility index (Phi) is 6.24. The summed E-state index contributed by atoms with van der Waals surface area (Å²) < 4.78 is 0. The summed E-state index contributed by atoms with van der Waals surface area (Å²) in [4.78, 5) is 13.0. The van der Waals surface area contributed by atoms with Crippen LogP contribution in [0.2, 0.25) is 0 Å². The lowest BCUT2D eigenvalue weighted by molar-refractivity contribution is -0.121. The van der Waals surface area contributed by atoms with Gasteiger partial charge in [-0.2, -0.15) is 0 Å². The average molecular weight is 184 g/mol. The maximum atomic E-state index is 10.9. The highest BCUT2D eigenvalue weighted by atomic mass is 16.1. The van der Waals surface area contributed by atoms with Gasteiger partial charge in [-0.25, -0.2) is 0 Å². The Hall–Kier alpha value is -0.830. The minimum atomic E-state index is -0.210. The second kappa shape index (κ2) is 6.66. The van der Waals surface area contributed by atoms with Gasteiger partial charge in [0.1, 0.15) is 0 Å². The van der Waals surface area contributed by atoms with Crippen LogP contribution in [0.4, 0.5) is 0 Å². The number of nitrogens with two attached hydrogens (primary N) is 1. The third-order valence-electron chi connectivity index (χ3n) is 2.01. The molecule has 0 heterocycles. The number of nitrogens with zero attached hydrogens (tertiary/aromatic N) is 1. The molecule has 0 rings (SSSR count). The topological polar surface area (TPSA) is 46.3 Å². The average Bonchev–Trinajstić information content (AvgIpc) is 2.02. The third kappa shape index (κ3) is 6.34. The minimum absolute atomic E-state index is 0.0301. The number of hydrogen-bond donors (Lipinski definition) is 1. The molecule has 0 saturated heterocycles. The predicted molar refractivity (Wildman–Crippen MR) is 55.3 cm³/mol. The van der Waals surface area contributed by atoms with Crippen molar-refractivity contribution in [3.63, 3.8) is 0 Å². The van der Waals surface area contributed by atoms with Crippen LogP contribution in [-0.4, -0.2) is 31.4 Å². The van der Waals surface area contributed by atoms with Crippen LogP contribution in [0.15, 0.2) is 12.7 Å². The standard InChI is InChI=1S/C10H20N2O/c1-4-6-9(10(11)13)7-5-8-12(2)3/h4,9H,1,5-8H2,2-3H3,(H2,11,13). The van der Waals surface area contributed by atoms with Crippen molar-refractivity contribution in [3.8, 4) is 0 Å². The molecule has 0 aromatic heterocycles. The van der Waals surface area contributed by atoms with Gasteiger partial charge in [0, 0.05) is 5.92 Å². The van der Waals surface area contributed by atoms with Gasteiger partial charge in [0.2, 0.25) is 5.91 Å². The van der Waals surface area contributed by atoms with Crippen molar-refractivity contribution in [2.45, 2.75) is 19.3 Å². The summed E-state index contributed by atoms with van der Waals surface area (Å²) in [6.07, 6.45) is 4.32. The fourth-order valence-electron chi connectivity index (χ4n) is 1.23. The molecule has 1 unspecified atom stereocenters. The Morgan fingerprint density at radius 2 is 2.23 bits per heavy atom. The second-order valence-corrected chi connectivity index (χ2v) is 3.57. The number of amides is 1. The number of carbonyl (C=O) groups is 1. The van der Waals surface area contributed by atoms with E-state index in [0.29, 0.717) is 6.42 Å². The smallest absolute Gasteiger partial charge is 0.220 e. The van der Waals surface area contributed by atoms with Crippen LogP contribution >= 0.6 is 0 Å². The molecule has 0 bridgehead atoms.